The first-order chi connectivity index (χ1) is 8.22. The molecule has 3 nitrogen and oxygen atoms in total. The molecule has 1 saturated carbocycles. The third-order valence-electron chi connectivity index (χ3n) is 3.92. The van der Waals surface area contributed by atoms with Gasteiger partial charge in [-0.15, -0.1) is 0 Å². The second-order valence-corrected chi connectivity index (χ2v) is 5.19. The lowest BCUT2D eigenvalue weighted by molar-refractivity contribution is 0.311. The Balaban J connectivity index is 2.10. The van der Waals surface area contributed by atoms with E-state index in [0.717, 1.165) is 23.1 Å². The summed E-state index contributed by atoms with van der Waals surface area (Å²) in [5.74, 6) is 2.51. The minimum Gasteiger partial charge on any atom is -0.325 e. The van der Waals surface area contributed by atoms with E-state index in [1.165, 1.54) is 32.1 Å². The van der Waals surface area contributed by atoms with Gasteiger partial charge in [0.05, 0.1) is 5.69 Å². The fourth-order valence-electron chi connectivity index (χ4n) is 2.77. The lowest BCUT2D eigenvalue weighted by atomic mass is 9.80. The lowest BCUT2D eigenvalue weighted by Crippen LogP contribution is -2.16. The van der Waals surface area contributed by atoms with Gasteiger partial charge in [-0.1, -0.05) is 13.3 Å². The molecule has 1 aliphatic rings. The van der Waals surface area contributed by atoms with Gasteiger partial charge in [0.15, 0.2) is 0 Å². The number of aryl methyl sites for hydroxylation is 1. The van der Waals surface area contributed by atoms with Crippen molar-refractivity contribution in [1.29, 1.82) is 0 Å². The second-order valence-electron chi connectivity index (χ2n) is 5.19. The summed E-state index contributed by atoms with van der Waals surface area (Å²) in [6, 6.07) is 1.99. The van der Waals surface area contributed by atoms with Crippen LogP contribution in [0.2, 0.25) is 0 Å². The Morgan fingerprint density at radius 2 is 1.94 bits per heavy atom. The average Bonchev–Trinajstić information content (AvgIpc) is 2.38. The molecule has 0 aromatic carbocycles. The molecule has 1 aliphatic carbocycles. The van der Waals surface area contributed by atoms with Gasteiger partial charge in [-0.05, 0) is 44.6 Å². The lowest BCUT2D eigenvalue weighted by Gasteiger charge is -2.27. The topological polar surface area (TPSA) is 51.8 Å². The molecular formula is C14H23N3. The van der Waals surface area contributed by atoms with Gasteiger partial charge in [-0.25, -0.2) is 9.97 Å². The number of hydrogen-bond donors (Lipinski definition) is 1. The van der Waals surface area contributed by atoms with Crippen molar-refractivity contribution in [2.24, 2.45) is 11.7 Å². The Morgan fingerprint density at radius 3 is 2.53 bits per heavy atom. The van der Waals surface area contributed by atoms with Crippen LogP contribution >= 0.6 is 0 Å². The van der Waals surface area contributed by atoms with Crippen molar-refractivity contribution in [2.45, 2.75) is 58.4 Å². The fraction of sp³-hybridized carbons (Fsp3) is 0.714. The van der Waals surface area contributed by atoms with Gasteiger partial charge < -0.3 is 5.73 Å². The molecule has 0 amide bonds. The maximum Gasteiger partial charge on any atom is 0.131 e. The van der Waals surface area contributed by atoms with E-state index < -0.39 is 0 Å². The second kappa shape index (κ2) is 5.58. The highest BCUT2D eigenvalue weighted by molar-refractivity contribution is 5.12. The van der Waals surface area contributed by atoms with Crippen LogP contribution in [0.25, 0.3) is 0 Å². The Morgan fingerprint density at radius 1 is 1.24 bits per heavy atom. The molecule has 0 atom stereocenters. The summed E-state index contributed by atoms with van der Waals surface area (Å²) in [7, 11) is 0. The Kier molecular flexibility index (Phi) is 4.11. The van der Waals surface area contributed by atoms with E-state index in [0.29, 0.717) is 12.5 Å². The number of nitrogens with two attached hydrogens (primary N) is 1. The highest BCUT2D eigenvalue weighted by Crippen LogP contribution is 2.35. The fourth-order valence-corrected chi connectivity index (χ4v) is 2.77. The Hall–Kier alpha value is -0.960. The summed E-state index contributed by atoms with van der Waals surface area (Å²) in [5, 5.41) is 0. The smallest absolute Gasteiger partial charge is 0.131 e. The van der Waals surface area contributed by atoms with E-state index >= 15 is 0 Å². The number of nitrogens with zero attached hydrogens (tertiary/aromatic N) is 2. The van der Waals surface area contributed by atoms with Crippen molar-refractivity contribution < 1.29 is 0 Å². The van der Waals surface area contributed by atoms with Gasteiger partial charge >= 0.3 is 0 Å². The molecular weight excluding hydrogens is 210 g/mol. The summed E-state index contributed by atoms with van der Waals surface area (Å²) in [4.78, 5) is 9.18. The van der Waals surface area contributed by atoms with Gasteiger partial charge in [0, 0.05) is 18.2 Å². The Labute approximate surface area is 104 Å². The first kappa shape index (κ1) is 12.5. The van der Waals surface area contributed by atoms with E-state index in [4.69, 9.17) is 5.73 Å². The molecule has 2 rings (SSSR count). The number of aromatic nitrogens is 2. The summed E-state index contributed by atoms with van der Waals surface area (Å²) in [5.41, 5.74) is 7.70. The van der Waals surface area contributed by atoms with E-state index in [-0.39, 0.29) is 0 Å². The minimum absolute atomic E-state index is 0.515. The van der Waals surface area contributed by atoms with E-state index in [1.54, 1.807) is 0 Å². The highest BCUT2D eigenvalue weighted by Gasteiger charge is 2.23. The molecule has 0 unspecified atom stereocenters. The minimum atomic E-state index is 0.515. The standard InChI is InChI=1S/C14H23N3/c1-3-11-4-6-12(7-5-11)14-16-10(2)8-13(9-15)17-14/h8,11-12H,3-7,9,15H2,1-2H3. The molecule has 1 aromatic rings. The van der Waals surface area contributed by atoms with E-state index in [2.05, 4.69) is 16.9 Å². The number of hydrogen-bond acceptors (Lipinski definition) is 3. The molecule has 0 bridgehead atoms. The molecule has 1 aromatic heterocycles. The van der Waals surface area contributed by atoms with E-state index in [1.807, 2.05) is 13.0 Å². The van der Waals surface area contributed by atoms with Crippen molar-refractivity contribution in [1.82, 2.24) is 9.97 Å². The molecule has 94 valence electrons. The first-order valence-electron chi connectivity index (χ1n) is 6.77. The molecule has 1 heterocycles. The molecule has 0 aliphatic heterocycles. The average molecular weight is 233 g/mol. The van der Waals surface area contributed by atoms with Crippen LogP contribution in [0.4, 0.5) is 0 Å². The zero-order valence-corrected chi connectivity index (χ0v) is 10.9. The van der Waals surface area contributed by atoms with Gasteiger partial charge in [-0.3, -0.25) is 0 Å². The van der Waals surface area contributed by atoms with Crippen LogP contribution < -0.4 is 5.73 Å². The molecule has 17 heavy (non-hydrogen) atoms. The van der Waals surface area contributed by atoms with Gasteiger partial charge in [0.1, 0.15) is 5.82 Å². The van der Waals surface area contributed by atoms with Crippen LogP contribution in [0.5, 0.6) is 0 Å². The molecule has 0 spiro atoms. The zero-order chi connectivity index (χ0) is 12.3. The highest BCUT2D eigenvalue weighted by atomic mass is 14.9. The van der Waals surface area contributed by atoms with Gasteiger partial charge in [-0.2, -0.15) is 0 Å². The zero-order valence-electron chi connectivity index (χ0n) is 10.9. The third kappa shape index (κ3) is 3.03. The Bertz CT molecular complexity index is 368. The summed E-state index contributed by atoms with van der Waals surface area (Å²) in [6.45, 7) is 4.84. The van der Waals surface area contributed by atoms with Crippen LogP contribution in [0.3, 0.4) is 0 Å². The molecule has 3 heteroatoms. The summed E-state index contributed by atoms with van der Waals surface area (Å²) in [6.07, 6.45) is 6.46. The normalized spacial score (nSPS) is 24.9. The van der Waals surface area contributed by atoms with Gasteiger partial charge in [0.2, 0.25) is 0 Å². The van der Waals surface area contributed by atoms with Crippen LogP contribution in [0.15, 0.2) is 6.07 Å². The molecule has 0 saturated heterocycles. The monoisotopic (exact) mass is 233 g/mol. The molecule has 2 N–H and O–H groups in total. The predicted molar refractivity (Wildman–Crippen MR) is 69.7 cm³/mol. The summed E-state index contributed by atoms with van der Waals surface area (Å²) >= 11 is 0. The first-order valence-corrected chi connectivity index (χ1v) is 6.77. The SMILES string of the molecule is CCC1CCC(c2nc(C)cc(CN)n2)CC1. The number of rotatable bonds is 3. The maximum atomic E-state index is 5.67. The van der Waals surface area contributed by atoms with Crippen molar-refractivity contribution in [2.75, 3.05) is 0 Å². The van der Waals surface area contributed by atoms with Crippen molar-refractivity contribution in [3.63, 3.8) is 0 Å². The predicted octanol–water partition coefficient (Wildman–Crippen LogP) is 2.93. The maximum absolute atomic E-state index is 5.67. The largest absolute Gasteiger partial charge is 0.325 e. The van der Waals surface area contributed by atoms with Crippen LogP contribution in [0, 0.1) is 12.8 Å². The molecule has 1 fully saturated rings. The van der Waals surface area contributed by atoms with Crippen LogP contribution in [-0.4, -0.2) is 9.97 Å². The van der Waals surface area contributed by atoms with Crippen molar-refractivity contribution in [3.05, 3.63) is 23.3 Å². The van der Waals surface area contributed by atoms with Crippen molar-refractivity contribution >= 4 is 0 Å². The van der Waals surface area contributed by atoms with E-state index in [9.17, 15) is 0 Å². The molecule has 0 radical (unpaired) electrons. The van der Waals surface area contributed by atoms with Gasteiger partial charge in [0.25, 0.3) is 0 Å². The summed E-state index contributed by atoms with van der Waals surface area (Å²) < 4.78 is 0. The third-order valence-corrected chi connectivity index (χ3v) is 3.92. The van der Waals surface area contributed by atoms with Crippen LogP contribution in [0.1, 0.15) is 62.2 Å². The van der Waals surface area contributed by atoms with Crippen LogP contribution in [-0.2, 0) is 6.54 Å². The van der Waals surface area contributed by atoms with Crippen molar-refractivity contribution in [3.8, 4) is 0 Å². The quantitative estimate of drug-likeness (QED) is 0.873.